The van der Waals surface area contributed by atoms with Crippen molar-refractivity contribution in [2.24, 2.45) is 0 Å². The first-order valence-corrected chi connectivity index (χ1v) is 7.30. The van der Waals surface area contributed by atoms with Crippen LogP contribution in [0.15, 0.2) is 11.0 Å². The third kappa shape index (κ3) is 4.02. The van der Waals surface area contributed by atoms with E-state index in [0.29, 0.717) is 0 Å². The molecule has 1 aliphatic heterocycles. The maximum atomic E-state index is 11.2. The van der Waals surface area contributed by atoms with E-state index in [1.807, 2.05) is 0 Å². The van der Waals surface area contributed by atoms with E-state index in [9.17, 15) is 4.79 Å². The number of rotatable bonds is 7. The highest BCUT2D eigenvalue weighted by Crippen LogP contribution is 2.32. The fourth-order valence-electron chi connectivity index (χ4n) is 1.70. The second-order valence-corrected chi connectivity index (χ2v) is 5.75. The van der Waals surface area contributed by atoms with Gasteiger partial charge in [0.05, 0.1) is 5.38 Å². The highest BCUT2D eigenvalue weighted by Gasteiger charge is 2.32. The Kier molecular flexibility index (Phi) is 6.29. The van der Waals surface area contributed by atoms with Gasteiger partial charge in [-0.3, -0.25) is 0 Å². The largest absolute Gasteiger partial charge is 0.452 e. The summed E-state index contributed by atoms with van der Waals surface area (Å²) in [4.78, 5) is 12.2. The molecule has 0 fully saturated rings. The van der Waals surface area contributed by atoms with Crippen LogP contribution in [-0.2, 0) is 9.53 Å². The molecule has 4 heteroatoms. The van der Waals surface area contributed by atoms with Crippen LogP contribution in [0.1, 0.15) is 39.5 Å². The molecule has 1 heterocycles. The highest BCUT2D eigenvalue weighted by molar-refractivity contribution is 8.03. The minimum atomic E-state index is -0.248. The second kappa shape index (κ2) is 7.23. The quantitative estimate of drug-likeness (QED) is 0.397. The number of cyclic esters (lactones) is 1. The van der Waals surface area contributed by atoms with Gasteiger partial charge in [0.25, 0.3) is 0 Å². The van der Waals surface area contributed by atoms with E-state index in [1.165, 1.54) is 12.8 Å². The molecule has 2 nitrogen and oxygen atoms in total. The number of thioether (sulfide) groups is 1. The number of ether oxygens (including phenoxy) is 1. The molecule has 0 aromatic rings. The summed E-state index contributed by atoms with van der Waals surface area (Å²) in [6.07, 6.45) is 5.74. The molecule has 16 heavy (non-hydrogen) atoms. The average molecular weight is 263 g/mol. The molecule has 0 radical (unpaired) electrons. The lowest BCUT2D eigenvalue weighted by molar-refractivity contribution is -0.138. The van der Waals surface area contributed by atoms with Crippen molar-refractivity contribution in [3.8, 4) is 0 Å². The van der Waals surface area contributed by atoms with Gasteiger partial charge in [0.2, 0.25) is 0 Å². The Balaban J connectivity index is 2.45. The summed E-state index contributed by atoms with van der Waals surface area (Å²) >= 11 is 7.94. The molecule has 2 atom stereocenters. The molecule has 1 rings (SSSR count). The molecule has 0 unspecified atom stereocenters. The number of halogens is 1. The lowest BCUT2D eigenvalue weighted by atomic mass is 10.1. The summed E-state index contributed by atoms with van der Waals surface area (Å²) in [5, 5.41) is -0.0803. The van der Waals surface area contributed by atoms with Gasteiger partial charge in [0.1, 0.15) is 6.10 Å². The lowest BCUT2D eigenvalue weighted by Crippen LogP contribution is -2.23. The monoisotopic (exact) mass is 262 g/mol. The maximum absolute atomic E-state index is 11.2. The van der Waals surface area contributed by atoms with E-state index in [0.717, 1.165) is 23.5 Å². The Morgan fingerprint density at radius 2 is 2.25 bits per heavy atom. The number of hydrogen-bond acceptors (Lipinski definition) is 3. The van der Waals surface area contributed by atoms with Crippen LogP contribution in [0.4, 0.5) is 0 Å². The number of carbonyl (C=O) groups excluding carboxylic acids is 1. The van der Waals surface area contributed by atoms with Crippen LogP contribution in [0.25, 0.3) is 0 Å². The first-order chi connectivity index (χ1) is 7.69. The Hall–Kier alpha value is -0.150. The van der Waals surface area contributed by atoms with Gasteiger partial charge >= 0.3 is 5.97 Å². The van der Waals surface area contributed by atoms with Gasteiger partial charge < -0.3 is 4.74 Å². The summed E-state index contributed by atoms with van der Waals surface area (Å²) < 4.78 is 5.23. The number of unbranched alkanes of at least 4 members (excludes halogenated alkanes) is 2. The molecular formula is C12H19ClO2S. The first kappa shape index (κ1) is 13.9. The van der Waals surface area contributed by atoms with Crippen molar-refractivity contribution in [1.29, 1.82) is 0 Å². The number of carbonyl (C=O) groups is 1. The van der Waals surface area contributed by atoms with Gasteiger partial charge in [-0.1, -0.05) is 33.1 Å². The van der Waals surface area contributed by atoms with Crippen LogP contribution in [0.2, 0.25) is 0 Å². The maximum Gasteiger partial charge on any atom is 0.332 e. The molecule has 0 saturated carbocycles. The van der Waals surface area contributed by atoms with E-state index >= 15 is 0 Å². The van der Waals surface area contributed by atoms with Crippen LogP contribution in [0, 0.1) is 0 Å². The second-order valence-electron chi connectivity index (χ2n) is 3.85. The fraction of sp³-hybridized carbons (Fsp3) is 0.750. The van der Waals surface area contributed by atoms with Gasteiger partial charge in [-0.05, 0) is 12.2 Å². The number of esters is 1. The smallest absolute Gasteiger partial charge is 0.332 e. The van der Waals surface area contributed by atoms with Gasteiger partial charge in [-0.2, -0.15) is 0 Å². The molecule has 0 amide bonds. The molecule has 0 aromatic carbocycles. The van der Waals surface area contributed by atoms with E-state index in [1.54, 1.807) is 17.8 Å². The SMILES string of the molecule is CCCCC[C@@H](Cl)[C@H]1OC(=O)C=C1SCC. The highest BCUT2D eigenvalue weighted by atomic mass is 35.5. The van der Waals surface area contributed by atoms with Crippen molar-refractivity contribution in [2.45, 2.75) is 51.0 Å². The first-order valence-electron chi connectivity index (χ1n) is 5.88. The summed E-state index contributed by atoms with van der Waals surface area (Å²) in [5.74, 6) is 0.694. The van der Waals surface area contributed by atoms with Crippen LogP contribution in [0.5, 0.6) is 0 Å². The minimum Gasteiger partial charge on any atom is -0.452 e. The van der Waals surface area contributed by atoms with Crippen LogP contribution < -0.4 is 0 Å². The standard InChI is InChI=1S/C12H19ClO2S/c1-3-5-6-7-9(13)12-10(16-4-2)8-11(14)15-12/h8-9,12H,3-7H2,1-2H3/t9-,12-/m1/s1. The zero-order chi connectivity index (χ0) is 12.0. The molecule has 0 aliphatic carbocycles. The Labute approximate surface area is 107 Å². The molecule has 0 N–H and O–H groups in total. The molecule has 0 spiro atoms. The predicted octanol–water partition coefficient (Wildman–Crippen LogP) is 3.74. The number of hydrogen-bond donors (Lipinski definition) is 0. The molecule has 0 saturated heterocycles. The molecule has 0 aromatic heterocycles. The minimum absolute atomic E-state index is 0.0803. The fourth-order valence-corrected chi connectivity index (χ4v) is 3.00. The van der Waals surface area contributed by atoms with Gasteiger partial charge in [-0.15, -0.1) is 23.4 Å². The summed E-state index contributed by atoms with van der Waals surface area (Å²) in [5.41, 5.74) is 0. The Bertz CT molecular complexity index is 266. The van der Waals surface area contributed by atoms with Crippen molar-refractivity contribution >= 4 is 29.3 Å². The molecule has 1 aliphatic rings. The summed E-state index contributed by atoms with van der Waals surface area (Å²) in [7, 11) is 0. The average Bonchev–Trinajstić information content (AvgIpc) is 2.60. The van der Waals surface area contributed by atoms with Crippen LogP contribution >= 0.6 is 23.4 Å². The number of alkyl halides is 1. The van der Waals surface area contributed by atoms with Gasteiger partial charge in [0.15, 0.2) is 0 Å². The molecule has 0 bridgehead atoms. The van der Waals surface area contributed by atoms with E-state index in [4.69, 9.17) is 16.3 Å². The third-order valence-electron chi connectivity index (χ3n) is 2.51. The Morgan fingerprint density at radius 3 is 2.88 bits per heavy atom. The lowest BCUT2D eigenvalue weighted by Gasteiger charge is -2.19. The van der Waals surface area contributed by atoms with Crippen molar-refractivity contribution in [2.75, 3.05) is 5.75 Å². The molecule has 92 valence electrons. The Morgan fingerprint density at radius 1 is 1.50 bits per heavy atom. The van der Waals surface area contributed by atoms with Crippen molar-refractivity contribution in [3.63, 3.8) is 0 Å². The van der Waals surface area contributed by atoms with Crippen molar-refractivity contribution < 1.29 is 9.53 Å². The topological polar surface area (TPSA) is 26.3 Å². The third-order valence-corrected chi connectivity index (χ3v) is 3.93. The normalized spacial score (nSPS) is 21.8. The van der Waals surface area contributed by atoms with E-state index < -0.39 is 0 Å². The zero-order valence-corrected chi connectivity index (χ0v) is 11.4. The molecular weight excluding hydrogens is 244 g/mol. The van der Waals surface area contributed by atoms with Gasteiger partial charge in [0, 0.05) is 11.0 Å². The zero-order valence-electron chi connectivity index (χ0n) is 9.87. The van der Waals surface area contributed by atoms with Crippen molar-refractivity contribution in [1.82, 2.24) is 0 Å². The van der Waals surface area contributed by atoms with E-state index in [-0.39, 0.29) is 17.5 Å². The van der Waals surface area contributed by atoms with Gasteiger partial charge in [-0.25, -0.2) is 4.79 Å². The van der Waals surface area contributed by atoms with Crippen LogP contribution in [-0.4, -0.2) is 23.2 Å². The summed E-state index contributed by atoms with van der Waals surface area (Å²) in [6, 6.07) is 0. The van der Waals surface area contributed by atoms with E-state index in [2.05, 4.69) is 13.8 Å². The van der Waals surface area contributed by atoms with Crippen molar-refractivity contribution in [3.05, 3.63) is 11.0 Å². The summed E-state index contributed by atoms with van der Waals surface area (Å²) in [6.45, 7) is 4.22. The van der Waals surface area contributed by atoms with Crippen LogP contribution in [0.3, 0.4) is 0 Å². The predicted molar refractivity (Wildman–Crippen MR) is 69.9 cm³/mol.